The lowest BCUT2D eigenvalue weighted by Crippen LogP contribution is -2.28. The van der Waals surface area contributed by atoms with Crippen LogP contribution in [0, 0.1) is 0 Å². The summed E-state index contributed by atoms with van der Waals surface area (Å²) in [5.41, 5.74) is 6.83. The minimum absolute atomic E-state index is 0.308. The molecule has 0 aliphatic heterocycles. The largest absolute Gasteiger partial charge is 0.370 e. The molecule has 2 aromatic rings. The van der Waals surface area contributed by atoms with Crippen molar-refractivity contribution in [2.24, 2.45) is 5.73 Å². The monoisotopic (exact) mass is 289 g/mol. The Labute approximate surface area is 125 Å². The number of nitrogens with zero attached hydrogens (tertiary/aromatic N) is 2. The fraction of sp³-hybridized carbons (Fsp3) is 0.500. The quantitative estimate of drug-likeness (QED) is 0.848. The Bertz CT molecular complexity index is 541. The second-order valence-electron chi connectivity index (χ2n) is 5.16. The maximum Gasteiger partial charge on any atom is 0.244 e. The summed E-state index contributed by atoms with van der Waals surface area (Å²) in [7, 11) is 1.67. The minimum Gasteiger partial charge on any atom is -0.370 e. The molecule has 0 saturated heterocycles. The van der Waals surface area contributed by atoms with Gasteiger partial charge in [-0.2, -0.15) is 4.98 Å². The Morgan fingerprint density at radius 3 is 2.48 bits per heavy atom. The summed E-state index contributed by atoms with van der Waals surface area (Å²) in [5, 5.41) is 4.07. The number of benzene rings is 1. The number of nitrogens with two attached hydrogens (primary N) is 1. The van der Waals surface area contributed by atoms with E-state index in [4.69, 9.17) is 15.0 Å². The summed E-state index contributed by atoms with van der Waals surface area (Å²) < 4.78 is 11.0. The molecule has 2 N–H and O–H groups in total. The van der Waals surface area contributed by atoms with Gasteiger partial charge in [0.1, 0.15) is 5.60 Å². The molecular formula is C16H23N3O2. The second-order valence-corrected chi connectivity index (χ2v) is 5.16. The molecule has 1 aromatic heterocycles. The summed E-state index contributed by atoms with van der Waals surface area (Å²) in [6, 6.07) is 9.73. The van der Waals surface area contributed by atoms with Crippen molar-refractivity contribution in [3.63, 3.8) is 0 Å². The van der Waals surface area contributed by atoms with Crippen molar-refractivity contribution in [3.8, 4) is 0 Å². The average molecular weight is 289 g/mol. The molecule has 0 aliphatic carbocycles. The fourth-order valence-electron chi connectivity index (χ4n) is 2.47. The molecule has 0 radical (unpaired) electrons. The van der Waals surface area contributed by atoms with E-state index >= 15 is 0 Å². The normalized spacial score (nSPS) is 13.3. The molecule has 0 aliphatic rings. The molecule has 21 heavy (non-hydrogen) atoms. The van der Waals surface area contributed by atoms with Crippen LogP contribution in [0.2, 0.25) is 0 Å². The highest BCUT2D eigenvalue weighted by Crippen LogP contribution is 2.30. The predicted molar refractivity (Wildman–Crippen MR) is 80.6 cm³/mol. The number of methoxy groups -OCH3 is 1. The van der Waals surface area contributed by atoms with Crippen molar-refractivity contribution in [2.75, 3.05) is 7.11 Å². The van der Waals surface area contributed by atoms with Gasteiger partial charge in [-0.15, -0.1) is 0 Å². The summed E-state index contributed by atoms with van der Waals surface area (Å²) in [6.07, 6.45) is 2.24. The maximum atomic E-state index is 6.17. The smallest absolute Gasteiger partial charge is 0.244 e. The van der Waals surface area contributed by atoms with Gasteiger partial charge < -0.3 is 15.0 Å². The van der Waals surface area contributed by atoms with Gasteiger partial charge in [-0.25, -0.2) is 0 Å². The zero-order chi connectivity index (χ0) is 15.3. The van der Waals surface area contributed by atoms with Crippen LogP contribution < -0.4 is 5.73 Å². The van der Waals surface area contributed by atoms with E-state index in [0.717, 1.165) is 18.4 Å². The number of hydrogen-bond acceptors (Lipinski definition) is 5. The average Bonchev–Trinajstić information content (AvgIpc) is 3.01. The van der Waals surface area contributed by atoms with Crippen LogP contribution in [0.25, 0.3) is 0 Å². The first kappa shape index (κ1) is 15.7. The topological polar surface area (TPSA) is 74.2 Å². The van der Waals surface area contributed by atoms with Gasteiger partial charge >= 0.3 is 0 Å². The Balaban J connectivity index is 2.15. The molecule has 1 heterocycles. The fourth-order valence-corrected chi connectivity index (χ4v) is 2.47. The summed E-state index contributed by atoms with van der Waals surface area (Å²) in [6.45, 7) is 4.10. The lowest BCUT2D eigenvalue weighted by molar-refractivity contribution is -0.0306. The lowest BCUT2D eigenvalue weighted by Gasteiger charge is -2.25. The SMILES string of the molecule is CCC(CC)(OC)c1noc(C(N)Cc2ccccc2)n1. The highest BCUT2D eigenvalue weighted by atomic mass is 16.5. The molecule has 1 unspecified atom stereocenters. The van der Waals surface area contributed by atoms with Gasteiger partial charge in [-0.1, -0.05) is 49.3 Å². The van der Waals surface area contributed by atoms with E-state index in [1.165, 1.54) is 0 Å². The van der Waals surface area contributed by atoms with E-state index in [-0.39, 0.29) is 6.04 Å². The third kappa shape index (κ3) is 3.31. The molecule has 114 valence electrons. The Hall–Kier alpha value is -1.72. The number of ether oxygens (including phenoxy) is 1. The molecule has 0 bridgehead atoms. The molecular weight excluding hydrogens is 266 g/mol. The maximum absolute atomic E-state index is 6.17. The Morgan fingerprint density at radius 2 is 1.90 bits per heavy atom. The highest BCUT2D eigenvalue weighted by molar-refractivity contribution is 5.17. The first-order valence-corrected chi connectivity index (χ1v) is 7.34. The molecule has 1 aromatic carbocycles. The van der Waals surface area contributed by atoms with Gasteiger partial charge in [-0.3, -0.25) is 0 Å². The zero-order valence-corrected chi connectivity index (χ0v) is 12.9. The van der Waals surface area contributed by atoms with E-state index in [0.29, 0.717) is 18.1 Å². The van der Waals surface area contributed by atoms with Crippen molar-refractivity contribution >= 4 is 0 Å². The zero-order valence-electron chi connectivity index (χ0n) is 12.9. The van der Waals surface area contributed by atoms with Crippen molar-refractivity contribution < 1.29 is 9.26 Å². The molecule has 1 atom stereocenters. The van der Waals surface area contributed by atoms with Crippen molar-refractivity contribution in [2.45, 2.75) is 44.8 Å². The van der Waals surface area contributed by atoms with Crippen LogP contribution in [0.1, 0.15) is 50.0 Å². The molecule has 0 saturated carbocycles. The van der Waals surface area contributed by atoms with Gasteiger partial charge in [0.05, 0.1) is 6.04 Å². The number of aromatic nitrogens is 2. The molecule has 0 amide bonds. The molecule has 0 spiro atoms. The van der Waals surface area contributed by atoms with Gasteiger partial charge in [0.2, 0.25) is 11.7 Å². The summed E-state index contributed by atoms with van der Waals surface area (Å²) in [4.78, 5) is 4.46. The van der Waals surface area contributed by atoms with Crippen LogP contribution >= 0.6 is 0 Å². The third-order valence-corrected chi connectivity index (χ3v) is 4.00. The number of rotatable bonds is 7. The molecule has 0 fully saturated rings. The van der Waals surface area contributed by atoms with E-state index in [1.807, 2.05) is 44.2 Å². The first-order chi connectivity index (χ1) is 10.1. The predicted octanol–water partition coefficient (Wildman–Crippen LogP) is 2.97. The Kier molecular flexibility index (Phi) is 5.09. The van der Waals surface area contributed by atoms with E-state index < -0.39 is 5.60 Å². The van der Waals surface area contributed by atoms with Gasteiger partial charge in [0.15, 0.2) is 0 Å². The van der Waals surface area contributed by atoms with Gasteiger partial charge in [-0.05, 0) is 24.8 Å². The lowest BCUT2D eigenvalue weighted by atomic mass is 9.96. The van der Waals surface area contributed by atoms with Crippen LogP contribution in [0.4, 0.5) is 0 Å². The Morgan fingerprint density at radius 1 is 1.24 bits per heavy atom. The standard InChI is InChI=1S/C16H23N3O2/c1-4-16(5-2,20-3)15-18-14(21-19-15)13(17)11-12-9-7-6-8-10-12/h6-10,13H,4-5,11,17H2,1-3H3. The van der Waals surface area contributed by atoms with E-state index in [2.05, 4.69) is 10.1 Å². The summed E-state index contributed by atoms with van der Waals surface area (Å²) >= 11 is 0. The van der Waals surface area contributed by atoms with Crippen molar-refractivity contribution in [1.29, 1.82) is 0 Å². The second kappa shape index (κ2) is 6.83. The first-order valence-electron chi connectivity index (χ1n) is 7.34. The summed E-state index contributed by atoms with van der Waals surface area (Å²) in [5.74, 6) is 1.03. The van der Waals surface area contributed by atoms with Crippen LogP contribution in [0.5, 0.6) is 0 Å². The molecule has 5 heteroatoms. The van der Waals surface area contributed by atoms with E-state index in [1.54, 1.807) is 7.11 Å². The third-order valence-electron chi connectivity index (χ3n) is 4.00. The van der Waals surface area contributed by atoms with Gasteiger partial charge in [0.25, 0.3) is 0 Å². The highest BCUT2D eigenvalue weighted by Gasteiger charge is 2.34. The van der Waals surface area contributed by atoms with Crippen molar-refractivity contribution in [1.82, 2.24) is 10.1 Å². The molecule has 2 rings (SSSR count). The van der Waals surface area contributed by atoms with Crippen LogP contribution in [0.3, 0.4) is 0 Å². The molecule has 5 nitrogen and oxygen atoms in total. The van der Waals surface area contributed by atoms with Gasteiger partial charge in [0, 0.05) is 7.11 Å². The van der Waals surface area contributed by atoms with E-state index in [9.17, 15) is 0 Å². The van der Waals surface area contributed by atoms with Crippen LogP contribution in [0.15, 0.2) is 34.9 Å². The van der Waals surface area contributed by atoms with Crippen LogP contribution in [-0.2, 0) is 16.8 Å². The van der Waals surface area contributed by atoms with Crippen molar-refractivity contribution in [3.05, 3.63) is 47.6 Å². The minimum atomic E-state index is -0.492. The number of hydrogen-bond donors (Lipinski definition) is 1. The van der Waals surface area contributed by atoms with Crippen LogP contribution in [-0.4, -0.2) is 17.3 Å².